The van der Waals surface area contributed by atoms with E-state index in [0.717, 1.165) is 38.4 Å². The Labute approximate surface area is 237 Å². The second-order valence-electron chi connectivity index (χ2n) is 10.7. The SMILES string of the molecule is CSc1ccc2c(c1)CCC(NC(=O)CC(C)(C)N)C(=O)N2Cc1ccc(-c2ccccc2-c2nn[nH]n2)cc1. The molecule has 1 aliphatic rings. The first-order valence-corrected chi connectivity index (χ1v) is 14.4. The van der Waals surface area contributed by atoms with E-state index in [2.05, 4.69) is 32.0 Å². The number of benzene rings is 3. The number of nitrogens with two attached hydrogens (primary N) is 1. The first-order chi connectivity index (χ1) is 19.2. The van der Waals surface area contributed by atoms with E-state index in [1.54, 1.807) is 30.5 Å². The highest BCUT2D eigenvalue weighted by molar-refractivity contribution is 7.98. The van der Waals surface area contributed by atoms with Crippen LogP contribution in [0.1, 0.15) is 37.8 Å². The van der Waals surface area contributed by atoms with Crippen LogP contribution in [0, 0.1) is 0 Å². The number of tetrazole rings is 1. The van der Waals surface area contributed by atoms with E-state index in [1.165, 1.54) is 0 Å². The van der Waals surface area contributed by atoms with Crippen LogP contribution >= 0.6 is 11.8 Å². The highest BCUT2D eigenvalue weighted by Crippen LogP contribution is 2.33. The maximum absolute atomic E-state index is 13.9. The number of H-pyrrole nitrogens is 1. The third-order valence-corrected chi connectivity index (χ3v) is 7.64. The minimum Gasteiger partial charge on any atom is -0.344 e. The molecular formula is C30H33N7O2S. The van der Waals surface area contributed by atoms with E-state index in [1.807, 2.05) is 66.9 Å². The van der Waals surface area contributed by atoms with Crippen molar-refractivity contribution in [1.29, 1.82) is 0 Å². The number of amides is 2. The minimum absolute atomic E-state index is 0.120. The highest BCUT2D eigenvalue weighted by Gasteiger charge is 2.32. The fraction of sp³-hybridized carbons (Fsp3) is 0.300. The normalized spacial score (nSPS) is 15.4. The second-order valence-corrected chi connectivity index (χ2v) is 11.6. The zero-order valence-electron chi connectivity index (χ0n) is 22.8. The van der Waals surface area contributed by atoms with Gasteiger partial charge in [0.15, 0.2) is 0 Å². The van der Waals surface area contributed by atoms with E-state index >= 15 is 0 Å². The predicted molar refractivity (Wildman–Crippen MR) is 158 cm³/mol. The van der Waals surface area contributed by atoms with Gasteiger partial charge in [-0.2, -0.15) is 5.21 Å². The van der Waals surface area contributed by atoms with Gasteiger partial charge in [0.05, 0.1) is 6.54 Å². The molecule has 1 aliphatic heterocycles. The molecule has 1 aromatic heterocycles. The summed E-state index contributed by atoms with van der Waals surface area (Å²) >= 11 is 1.67. The summed E-state index contributed by atoms with van der Waals surface area (Å²) in [6, 6.07) is 21.6. The third kappa shape index (κ3) is 6.24. The smallest absolute Gasteiger partial charge is 0.249 e. The topological polar surface area (TPSA) is 130 Å². The van der Waals surface area contributed by atoms with Gasteiger partial charge in [-0.3, -0.25) is 9.59 Å². The quantitative estimate of drug-likeness (QED) is 0.276. The molecule has 4 N–H and O–H groups in total. The number of nitrogens with one attached hydrogen (secondary N) is 2. The lowest BCUT2D eigenvalue weighted by atomic mass is 9.98. The van der Waals surface area contributed by atoms with E-state index in [9.17, 15) is 9.59 Å². The van der Waals surface area contributed by atoms with Gasteiger partial charge in [0.25, 0.3) is 0 Å². The van der Waals surface area contributed by atoms with E-state index in [0.29, 0.717) is 25.2 Å². The van der Waals surface area contributed by atoms with Gasteiger partial charge < -0.3 is 16.0 Å². The van der Waals surface area contributed by atoms with Crippen molar-refractivity contribution in [3.8, 4) is 22.5 Å². The van der Waals surface area contributed by atoms with E-state index in [4.69, 9.17) is 5.73 Å². The number of anilines is 1. The number of aryl methyl sites for hydroxylation is 1. The van der Waals surface area contributed by atoms with Gasteiger partial charge in [-0.25, -0.2) is 0 Å². The van der Waals surface area contributed by atoms with Crippen LogP contribution in [0.25, 0.3) is 22.5 Å². The second kappa shape index (κ2) is 11.6. The third-order valence-electron chi connectivity index (χ3n) is 6.91. The van der Waals surface area contributed by atoms with Gasteiger partial charge in [0.1, 0.15) is 6.04 Å². The summed E-state index contributed by atoms with van der Waals surface area (Å²) in [6.07, 6.45) is 3.40. The summed E-state index contributed by atoms with van der Waals surface area (Å²) in [5.41, 5.74) is 11.2. The van der Waals surface area contributed by atoms with Crippen molar-refractivity contribution in [2.75, 3.05) is 11.2 Å². The van der Waals surface area contributed by atoms with Gasteiger partial charge >= 0.3 is 0 Å². The van der Waals surface area contributed by atoms with Gasteiger partial charge in [0.2, 0.25) is 17.6 Å². The Kier molecular flexibility index (Phi) is 7.99. The summed E-state index contributed by atoms with van der Waals surface area (Å²) in [4.78, 5) is 29.6. The molecule has 5 rings (SSSR count). The number of carbonyl (C=O) groups excluding carboxylic acids is 2. The fourth-order valence-electron chi connectivity index (χ4n) is 5.02. The van der Waals surface area contributed by atoms with Crippen molar-refractivity contribution in [2.24, 2.45) is 5.73 Å². The molecule has 0 spiro atoms. The van der Waals surface area contributed by atoms with Crippen LogP contribution in [-0.2, 0) is 22.6 Å². The van der Waals surface area contributed by atoms with Gasteiger partial charge in [-0.05, 0) is 78.6 Å². The molecule has 0 aliphatic carbocycles. The van der Waals surface area contributed by atoms with Gasteiger partial charge in [-0.1, -0.05) is 48.5 Å². The number of hydrogen-bond acceptors (Lipinski definition) is 7. The lowest BCUT2D eigenvalue weighted by molar-refractivity contribution is -0.128. The highest BCUT2D eigenvalue weighted by atomic mass is 32.2. The molecule has 0 radical (unpaired) electrons. The van der Waals surface area contributed by atoms with Crippen LogP contribution < -0.4 is 16.0 Å². The van der Waals surface area contributed by atoms with E-state index in [-0.39, 0.29) is 18.2 Å². The summed E-state index contributed by atoms with van der Waals surface area (Å²) in [5, 5.41) is 17.4. The predicted octanol–water partition coefficient (Wildman–Crippen LogP) is 4.35. The van der Waals surface area contributed by atoms with Gasteiger partial charge in [-0.15, -0.1) is 22.0 Å². The number of aromatic amines is 1. The van der Waals surface area contributed by atoms with Crippen LogP contribution in [0.4, 0.5) is 5.69 Å². The molecule has 2 heterocycles. The van der Waals surface area contributed by atoms with Crippen LogP contribution in [0.15, 0.2) is 71.6 Å². The maximum atomic E-state index is 13.9. The number of hydrogen-bond donors (Lipinski definition) is 3. The average molecular weight is 556 g/mol. The molecule has 40 heavy (non-hydrogen) atoms. The molecular weight excluding hydrogens is 522 g/mol. The number of thioether (sulfide) groups is 1. The maximum Gasteiger partial charge on any atom is 0.249 e. The molecule has 9 nitrogen and oxygen atoms in total. The Balaban J connectivity index is 1.43. The Morgan fingerprint density at radius 3 is 2.55 bits per heavy atom. The number of rotatable bonds is 8. The molecule has 0 saturated heterocycles. The van der Waals surface area contributed by atoms with Crippen molar-refractivity contribution >= 4 is 29.3 Å². The minimum atomic E-state index is -0.655. The summed E-state index contributed by atoms with van der Waals surface area (Å²) in [6.45, 7) is 3.99. The van der Waals surface area contributed by atoms with Crippen molar-refractivity contribution < 1.29 is 9.59 Å². The van der Waals surface area contributed by atoms with Gasteiger partial charge in [0, 0.05) is 28.1 Å². The van der Waals surface area contributed by atoms with Crippen LogP contribution in [-0.4, -0.2) is 50.3 Å². The first-order valence-electron chi connectivity index (χ1n) is 13.2. The average Bonchev–Trinajstić information content (AvgIpc) is 3.44. The largest absolute Gasteiger partial charge is 0.344 e. The molecule has 206 valence electrons. The Morgan fingerprint density at radius 1 is 1.12 bits per heavy atom. The summed E-state index contributed by atoms with van der Waals surface area (Å²) in [5.74, 6) is 0.193. The molecule has 10 heteroatoms. The first kappa shape index (κ1) is 27.5. The Bertz CT molecular complexity index is 1500. The molecule has 2 amide bonds. The standard InChI is InChI=1S/C30H33N7O2S/c1-30(2,31)17-27(38)32-25-14-12-21-16-22(40-3)13-15-26(21)37(29(25)39)18-19-8-10-20(11-9-19)23-6-4-5-7-24(23)28-33-35-36-34-28/h4-11,13,15-16,25H,12,14,17-18,31H2,1-3H3,(H,32,38)(H,33,34,35,36). The number of fused-ring (bicyclic) bond motifs is 1. The van der Waals surface area contributed by atoms with Crippen molar-refractivity contribution in [3.63, 3.8) is 0 Å². The Morgan fingerprint density at radius 2 is 1.88 bits per heavy atom. The fourth-order valence-corrected chi connectivity index (χ4v) is 5.48. The van der Waals surface area contributed by atoms with E-state index < -0.39 is 11.6 Å². The monoisotopic (exact) mass is 555 g/mol. The lowest BCUT2D eigenvalue weighted by Crippen LogP contribution is -2.49. The zero-order valence-corrected chi connectivity index (χ0v) is 23.7. The van der Waals surface area contributed by atoms with Crippen molar-refractivity contribution in [2.45, 2.75) is 56.1 Å². The number of aromatic nitrogens is 4. The lowest BCUT2D eigenvalue weighted by Gasteiger charge is -2.27. The molecule has 1 unspecified atom stereocenters. The zero-order chi connectivity index (χ0) is 28.3. The molecule has 3 aromatic carbocycles. The van der Waals surface area contributed by atoms with Crippen LogP contribution in [0.2, 0.25) is 0 Å². The van der Waals surface area contributed by atoms with Crippen molar-refractivity contribution in [1.82, 2.24) is 25.9 Å². The van der Waals surface area contributed by atoms with Crippen LogP contribution in [0.5, 0.6) is 0 Å². The Hall–Kier alpha value is -4.02. The molecule has 0 fully saturated rings. The number of nitrogens with zero attached hydrogens (tertiary/aromatic N) is 4. The molecule has 1 atom stereocenters. The summed E-state index contributed by atoms with van der Waals surface area (Å²) < 4.78 is 0. The van der Waals surface area contributed by atoms with Crippen LogP contribution in [0.3, 0.4) is 0 Å². The number of carbonyl (C=O) groups is 2. The summed E-state index contributed by atoms with van der Waals surface area (Å²) in [7, 11) is 0. The molecule has 0 saturated carbocycles. The molecule has 0 bridgehead atoms. The molecule has 4 aromatic rings. The van der Waals surface area contributed by atoms with Crippen molar-refractivity contribution in [3.05, 3.63) is 77.9 Å².